The van der Waals surface area contributed by atoms with Gasteiger partial charge in [0.05, 0.1) is 24.4 Å². The van der Waals surface area contributed by atoms with Crippen molar-refractivity contribution in [3.05, 3.63) is 53.3 Å². The Bertz CT molecular complexity index is 1100. The molecule has 0 saturated carbocycles. The zero-order valence-electron chi connectivity index (χ0n) is 16.5. The Hall–Kier alpha value is -3.39. The van der Waals surface area contributed by atoms with Gasteiger partial charge in [-0.3, -0.25) is 19.7 Å². The molecule has 9 heteroatoms. The molecule has 1 aliphatic heterocycles. The molecule has 0 spiro atoms. The number of methoxy groups -OCH3 is 1. The molecule has 1 aliphatic rings. The van der Waals surface area contributed by atoms with Crippen molar-refractivity contribution >= 4 is 34.9 Å². The van der Waals surface area contributed by atoms with Crippen molar-refractivity contribution in [2.24, 2.45) is 5.92 Å². The molecule has 1 unspecified atom stereocenters. The van der Waals surface area contributed by atoms with E-state index in [-0.39, 0.29) is 24.8 Å². The summed E-state index contributed by atoms with van der Waals surface area (Å²) in [7, 11) is 1.53. The first-order valence-corrected chi connectivity index (χ1v) is 9.76. The van der Waals surface area contributed by atoms with Gasteiger partial charge in [-0.25, -0.2) is 0 Å². The van der Waals surface area contributed by atoms with E-state index in [1.165, 1.54) is 12.0 Å². The molecule has 30 heavy (non-hydrogen) atoms. The van der Waals surface area contributed by atoms with E-state index in [1.54, 1.807) is 30.6 Å². The lowest BCUT2D eigenvalue weighted by Crippen LogP contribution is -2.28. The van der Waals surface area contributed by atoms with Gasteiger partial charge in [0.25, 0.3) is 0 Å². The fraction of sp³-hybridized carbons (Fsp3) is 0.238. The largest absolute Gasteiger partial charge is 0.495 e. The smallest absolute Gasteiger partial charge is 0.231 e. The number of amides is 2. The second-order valence-corrected chi connectivity index (χ2v) is 7.46. The Balaban J connectivity index is 1.50. The summed E-state index contributed by atoms with van der Waals surface area (Å²) in [4.78, 5) is 31.0. The van der Waals surface area contributed by atoms with Gasteiger partial charge in [0, 0.05) is 41.5 Å². The summed E-state index contributed by atoms with van der Waals surface area (Å²) in [6.45, 7) is 2.11. The monoisotopic (exact) mass is 425 g/mol. The lowest BCUT2D eigenvalue weighted by Gasteiger charge is -2.19. The van der Waals surface area contributed by atoms with Crippen LogP contribution in [-0.2, 0) is 9.59 Å². The maximum absolute atomic E-state index is 12.8. The molecule has 0 aliphatic carbocycles. The SMILES string of the molecule is COc1ccc(Cl)cc1N1CC(C(=O)Nc2n[nH]c(-c3ccncc3)c2C)CC1=O. The minimum atomic E-state index is -0.512. The van der Waals surface area contributed by atoms with Crippen LogP contribution in [-0.4, -0.2) is 40.7 Å². The van der Waals surface area contributed by atoms with Crippen molar-refractivity contribution in [2.75, 3.05) is 23.9 Å². The summed E-state index contributed by atoms with van der Waals surface area (Å²) in [6.07, 6.45) is 3.48. The lowest BCUT2D eigenvalue weighted by atomic mass is 10.1. The van der Waals surface area contributed by atoms with Gasteiger partial charge in [-0.15, -0.1) is 0 Å². The van der Waals surface area contributed by atoms with Crippen LogP contribution in [0, 0.1) is 12.8 Å². The fourth-order valence-corrected chi connectivity index (χ4v) is 3.69. The first kappa shape index (κ1) is 19.9. The van der Waals surface area contributed by atoms with Gasteiger partial charge in [0.15, 0.2) is 5.82 Å². The molecule has 4 rings (SSSR count). The number of hydrogen-bond acceptors (Lipinski definition) is 5. The number of pyridine rings is 1. The number of ether oxygens (including phenoxy) is 1. The molecule has 1 aromatic carbocycles. The predicted octanol–water partition coefficient (Wildman–Crippen LogP) is 3.43. The Kier molecular flexibility index (Phi) is 5.41. The predicted molar refractivity (Wildman–Crippen MR) is 114 cm³/mol. The molecular formula is C21H20ClN5O3. The molecule has 1 atom stereocenters. The maximum atomic E-state index is 12.8. The molecule has 1 fully saturated rings. The standard InChI is InChI=1S/C21H20ClN5O3/c1-12-19(13-5-7-23-8-6-13)25-26-20(12)24-21(29)14-9-18(28)27(11-14)16-10-15(22)3-4-17(16)30-2/h3-8,10,14H,9,11H2,1-2H3,(H2,24,25,26,29). The number of hydrogen-bond donors (Lipinski definition) is 2. The molecule has 3 heterocycles. The quantitative estimate of drug-likeness (QED) is 0.652. The molecule has 1 saturated heterocycles. The minimum absolute atomic E-state index is 0.0994. The molecule has 2 N–H and O–H groups in total. The van der Waals surface area contributed by atoms with E-state index < -0.39 is 5.92 Å². The number of carbonyl (C=O) groups is 2. The number of H-pyrrole nitrogens is 1. The highest BCUT2D eigenvalue weighted by atomic mass is 35.5. The van der Waals surface area contributed by atoms with E-state index in [2.05, 4.69) is 20.5 Å². The molecule has 8 nitrogen and oxygen atoms in total. The summed E-state index contributed by atoms with van der Waals surface area (Å²) >= 11 is 6.09. The lowest BCUT2D eigenvalue weighted by molar-refractivity contribution is -0.122. The van der Waals surface area contributed by atoms with Crippen molar-refractivity contribution in [1.29, 1.82) is 0 Å². The third kappa shape index (κ3) is 3.73. The average molecular weight is 426 g/mol. The number of benzene rings is 1. The van der Waals surface area contributed by atoms with E-state index in [0.717, 1.165) is 16.8 Å². The van der Waals surface area contributed by atoms with E-state index in [0.29, 0.717) is 22.3 Å². The number of aromatic nitrogens is 3. The van der Waals surface area contributed by atoms with Gasteiger partial charge in [-0.05, 0) is 37.3 Å². The molecule has 2 aromatic heterocycles. The van der Waals surface area contributed by atoms with Crippen LogP contribution in [0.2, 0.25) is 5.02 Å². The molecule has 154 valence electrons. The van der Waals surface area contributed by atoms with Gasteiger partial charge >= 0.3 is 0 Å². The summed E-state index contributed by atoms with van der Waals surface area (Å²) < 4.78 is 5.34. The Morgan fingerprint density at radius 3 is 2.80 bits per heavy atom. The topological polar surface area (TPSA) is 100 Å². The van der Waals surface area contributed by atoms with Gasteiger partial charge < -0.3 is 15.0 Å². The molecule has 0 bridgehead atoms. The molecule has 2 amide bonds. The molecular weight excluding hydrogens is 406 g/mol. The Morgan fingerprint density at radius 1 is 1.30 bits per heavy atom. The number of rotatable bonds is 5. The Morgan fingerprint density at radius 2 is 2.07 bits per heavy atom. The van der Waals surface area contributed by atoms with Crippen LogP contribution in [0.1, 0.15) is 12.0 Å². The summed E-state index contributed by atoms with van der Waals surface area (Å²) in [6, 6.07) is 8.77. The summed E-state index contributed by atoms with van der Waals surface area (Å²) in [5, 5.41) is 10.5. The van der Waals surface area contributed by atoms with Crippen LogP contribution in [0.25, 0.3) is 11.3 Å². The van der Waals surface area contributed by atoms with Crippen molar-refractivity contribution in [3.63, 3.8) is 0 Å². The van der Waals surface area contributed by atoms with Gasteiger partial charge in [0.1, 0.15) is 5.75 Å². The van der Waals surface area contributed by atoms with Crippen molar-refractivity contribution in [3.8, 4) is 17.0 Å². The van der Waals surface area contributed by atoms with Crippen molar-refractivity contribution in [2.45, 2.75) is 13.3 Å². The number of aromatic amines is 1. The number of carbonyl (C=O) groups excluding carboxylic acids is 2. The van der Waals surface area contributed by atoms with E-state index in [9.17, 15) is 9.59 Å². The average Bonchev–Trinajstić information content (AvgIpc) is 3.31. The third-order valence-electron chi connectivity index (χ3n) is 5.15. The fourth-order valence-electron chi connectivity index (χ4n) is 3.53. The minimum Gasteiger partial charge on any atom is -0.495 e. The van der Waals surface area contributed by atoms with Gasteiger partial charge in [-0.1, -0.05) is 11.6 Å². The van der Waals surface area contributed by atoms with E-state index >= 15 is 0 Å². The first-order valence-electron chi connectivity index (χ1n) is 9.38. The number of nitrogens with one attached hydrogen (secondary N) is 2. The number of halogens is 1. The summed E-state index contributed by atoms with van der Waals surface area (Å²) in [5.41, 5.74) is 3.10. The van der Waals surface area contributed by atoms with Crippen LogP contribution in [0.15, 0.2) is 42.7 Å². The number of nitrogens with zero attached hydrogens (tertiary/aromatic N) is 3. The third-order valence-corrected chi connectivity index (χ3v) is 5.38. The zero-order valence-corrected chi connectivity index (χ0v) is 17.2. The van der Waals surface area contributed by atoms with Crippen molar-refractivity contribution < 1.29 is 14.3 Å². The Labute approximate surface area is 178 Å². The zero-order chi connectivity index (χ0) is 21.3. The normalized spacial score (nSPS) is 16.0. The first-order chi connectivity index (χ1) is 14.5. The number of anilines is 2. The molecule has 3 aromatic rings. The van der Waals surface area contributed by atoms with Crippen LogP contribution in [0.3, 0.4) is 0 Å². The van der Waals surface area contributed by atoms with Gasteiger partial charge in [0.2, 0.25) is 11.8 Å². The van der Waals surface area contributed by atoms with Crippen LogP contribution in [0.4, 0.5) is 11.5 Å². The highest BCUT2D eigenvalue weighted by molar-refractivity contribution is 6.31. The highest BCUT2D eigenvalue weighted by Crippen LogP contribution is 2.35. The second kappa shape index (κ2) is 8.16. The molecule has 0 radical (unpaired) electrons. The van der Waals surface area contributed by atoms with Gasteiger partial charge in [-0.2, -0.15) is 5.10 Å². The highest BCUT2D eigenvalue weighted by Gasteiger charge is 2.36. The van der Waals surface area contributed by atoms with E-state index in [4.69, 9.17) is 16.3 Å². The summed E-state index contributed by atoms with van der Waals surface area (Å²) in [5.74, 6) is 0.0355. The maximum Gasteiger partial charge on any atom is 0.231 e. The van der Waals surface area contributed by atoms with E-state index in [1.807, 2.05) is 19.1 Å². The second-order valence-electron chi connectivity index (χ2n) is 7.02. The van der Waals surface area contributed by atoms with Crippen molar-refractivity contribution in [1.82, 2.24) is 15.2 Å². The van der Waals surface area contributed by atoms with Crippen LogP contribution < -0.4 is 15.0 Å². The van der Waals surface area contributed by atoms with Crippen LogP contribution in [0.5, 0.6) is 5.75 Å². The van der Waals surface area contributed by atoms with Crippen LogP contribution >= 0.6 is 11.6 Å².